The van der Waals surface area contributed by atoms with Crippen LogP contribution in [0, 0.1) is 25.7 Å². The van der Waals surface area contributed by atoms with Crippen molar-refractivity contribution in [1.29, 1.82) is 0 Å². The van der Waals surface area contributed by atoms with Crippen LogP contribution in [0.1, 0.15) is 46.6 Å². The third-order valence-corrected chi connectivity index (χ3v) is 6.72. The van der Waals surface area contributed by atoms with E-state index < -0.39 is 5.60 Å². The van der Waals surface area contributed by atoms with E-state index in [2.05, 4.69) is 10.1 Å². The predicted octanol–water partition coefficient (Wildman–Crippen LogP) is 3.60. The maximum Gasteiger partial charge on any atom is 0.258 e. The van der Waals surface area contributed by atoms with Gasteiger partial charge in [-0.1, -0.05) is 35.5 Å². The molecule has 3 atom stereocenters. The van der Waals surface area contributed by atoms with Gasteiger partial charge in [0.15, 0.2) is 0 Å². The SMILES string of the molecule is Cc1cc(C(=O)N2C[C@@H]3CCC[C@@](O)(c4ccccc4)[C@@H]3C2)c2c(C)noc2n1. The van der Waals surface area contributed by atoms with Gasteiger partial charge < -0.3 is 14.5 Å². The largest absolute Gasteiger partial charge is 0.385 e. The molecule has 0 bridgehead atoms. The zero-order valence-electron chi connectivity index (χ0n) is 16.8. The van der Waals surface area contributed by atoms with Crippen LogP contribution in [0.25, 0.3) is 11.1 Å². The third-order valence-electron chi connectivity index (χ3n) is 6.72. The van der Waals surface area contributed by atoms with Crippen molar-refractivity contribution in [3.05, 3.63) is 58.9 Å². The standard InChI is InChI=1S/C23H25N3O3/c1-14-11-18(20-15(2)25-29-21(20)24-14)22(27)26-12-16-7-6-10-23(28,19(16)13-26)17-8-4-3-5-9-17/h3-5,8-9,11,16,19,28H,6-7,10,12-13H2,1-2H3/t16-,19+,23+/m0/s1. The Bertz CT molecular complexity index is 1080. The predicted molar refractivity (Wildman–Crippen MR) is 108 cm³/mol. The number of aromatic nitrogens is 2. The quantitative estimate of drug-likeness (QED) is 0.722. The number of likely N-dealkylation sites (tertiary alicyclic amines) is 1. The van der Waals surface area contributed by atoms with E-state index in [1.807, 2.05) is 55.1 Å². The summed E-state index contributed by atoms with van der Waals surface area (Å²) in [6.07, 6.45) is 2.75. The van der Waals surface area contributed by atoms with Crippen molar-refractivity contribution in [2.24, 2.45) is 11.8 Å². The molecule has 2 fully saturated rings. The fourth-order valence-corrected chi connectivity index (χ4v) is 5.33. The maximum absolute atomic E-state index is 13.5. The number of benzene rings is 1. The number of amides is 1. The van der Waals surface area contributed by atoms with Gasteiger partial charge in [0, 0.05) is 24.7 Å². The molecule has 0 spiro atoms. The number of aryl methyl sites for hydroxylation is 2. The minimum atomic E-state index is -0.879. The first kappa shape index (κ1) is 18.3. The van der Waals surface area contributed by atoms with E-state index in [0.29, 0.717) is 41.4 Å². The Hall–Kier alpha value is -2.73. The molecule has 0 radical (unpaired) electrons. The van der Waals surface area contributed by atoms with Gasteiger partial charge in [0.25, 0.3) is 11.6 Å². The van der Waals surface area contributed by atoms with Crippen LogP contribution in [0.3, 0.4) is 0 Å². The van der Waals surface area contributed by atoms with Crippen LogP contribution in [0.15, 0.2) is 40.9 Å². The lowest BCUT2D eigenvalue weighted by Gasteiger charge is -2.41. The Morgan fingerprint density at radius 2 is 2.03 bits per heavy atom. The second kappa shape index (κ2) is 6.66. The van der Waals surface area contributed by atoms with Crippen molar-refractivity contribution in [3.63, 3.8) is 0 Å². The second-order valence-electron chi connectivity index (χ2n) is 8.52. The van der Waals surface area contributed by atoms with E-state index in [9.17, 15) is 9.90 Å². The average molecular weight is 391 g/mol. The lowest BCUT2D eigenvalue weighted by atomic mass is 9.67. The van der Waals surface area contributed by atoms with Crippen molar-refractivity contribution >= 4 is 17.0 Å². The van der Waals surface area contributed by atoms with Gasteiger partial charge in [0.2, 0.25) is 0 Å². The molecule has 3 aromatic rings. The lowest BCUT2D eigenvalue weighted by Crippen LogP contribution is -2.42. The van der Waals surface area contributed by atoms with Crippen molar-refractivity contribution < 1.29 is 14.4 Å². The molecule has 1 saturated heterocycles. The Morgan fingerprint density at radius 1 is 1.24 bits per heavy atom. The number of rotatable bonds is 2. The molecule has 6 heteroatoms. The van der Waals surface area contributed by atoms with E-state index in [-0.39, 0.29) is 11.8 Å². The van der Waals surface area contributed by atoms with Crippen LogP contribution in [0.5, 0.6) is 0 Å². The minimum absolute atomic E-state index is 0.0309. The summed E-state index contributed by atoms with van der Waals surface area (Å²) in [6, 6.07) is 11.7. The number of nitrogens with zero attached hydrogens (tertiary/aromatic N) is 3. The van der Waals surface area contributed by atoms with Gasteiger partial charge in [-0.3, -0.25) is 4.79 Å². The van der Waals surface area contributed by atoms with E-state index in [0.717, 1.165) is 30.5 Å². The monoisotopic (exact) mass is 391 g/mol. The number of fused-ring (bicyclic) bond motifs is 2. The van der Waals surface area contributed by atoms with Crippen molar-refractivity contribution in [1.82, 2.24) is 15.0 Å². The first-order chi connectivity index (χ1) is 14.0. The van der Waals surface area contributed by atoms with E-state index in [1.54, 1.807) is 0 Å². The normalized spacial score (nSPS) is 26.7. The van der Waals surface area contributed by atoms with E-state index in [1.165, 1.54) is 0 Å². The summed E-state index contributed by atoms with van der Waals surface area (Å²) in [5, 5.41) is 16.3. The van der Waals surface area contributed by atoms with Crippen LogP contribution in [-0.2, 0) is 5.60 Å². The van der Waals surface area contributed by atoms with E-state index >= 15 is 0 Å². The molecule has 5 rings (SSSR count). The number of carbonyl (C=O) groups excluding carboxylic acids is 1. The van der Waals surface area contributed by atoms with E-state index in [4.69, 9.17) is 4.52 Å². The first-order valence-electron chi connectivity index (χ1n) is 10.3. The summed E-state index contributed by atoms with van der Waals surface area (Å²) in [6.45, 7) is 4.91. The maximum atomic E-state index is 13.5. The summed E-state index contributed by atoms with van der Waals surface area (Å²) in [5.74, 6) is 0.320. The average Bonchev–Trinajstić information content (AvgIpc) is 3.32. The topological polar surface area (TPSA) is 79.5 Å². The molecule has 1 N–H and O–H groups in total. The Labute approximate surface area is 169 Å². The van der Waals surface area contributed by atoms with Crippen molar-refractivity contribution in [3.8, 4) is 0 Å². The number of hydrogen-bond acceptors (Lipinski definition) is 5. The molecule has 1 aliphatic carbocycles. The molecule has 1 amide bonds. The molecule has 2 aliphatic rings. The van der Waals surface area contributed by atoms with Gasteiger partial charge in [-0.25, -0.2) is 4.98 Å². The highest BCUT2D eigenvalue weighted by molar-refractivity contribution is 6.06. The van der Waals surface area contributed by atoms with Crippen molar-refractivity contribution in [2.45, 2.75) is 38.7 Å². The zero-order chi connectivity index (χ0) is 20.2. The molecule has 1 saturated carbocycles. The lowest BCUT2D eigenvalue weighted by molar-refractivity contribution is -0.0644. The summed E-state index contributed by atoms with van der Waals surface area (Å²) < 4.78 is 5.30. The number of pyridine rings is 1. The number of carbonyl (C=O) groups is 1. The summed E-state index contributed by atoms with van der Waals surface area (Å²) >= 11 is 0. The highest BCUT2D eigenvalue weighted by Crippen LogP contribution is 2.48. The van der Waals surface area contributed by atoms with Gasteiger partial charge in [0.05, 0.1) is 22.2 Å². The Balaban J connectivity index is 1.49. The molecule has 3 heterocycles. The molecule has 2 aromatic heterocycles. The van der Waals surface area contributed by atoms with Crippen LogP contribution < -0.4 is 0 Å². The molecular weight excluding hydrogens is 366 g/mol. The van der Waals surface area contributed by atoms with Gasteiger partial charge >= 0.3 is 0 Å². The molecule has 1 aromatic carbocycles. The van der Waals surface area contributed by atoms with Crippen LogP contribution in [-0.4, -0.2) is 39.1 Å². The van der Waals surface area contributed by atoms with Gasteiger partial charge in [0.1, 0.15) is 0 Å². The zero-order valence-corrected chi connectivity index (χ0v) is 16.8. The highest BCUT2D eigenvalue weighted by Gasteiger charge is 2.50. The van der Waals surface area contributed by atoms with Crippen molar-refractivity contribution in [2.75, 3.05) is 13.1 Å². The molecule has 1 aliphatic heterocycles. The molecule has 6 nitrogen and oxygen atoms in total. The second-order valence-corrected chi connectivity index (χ2v) is 8.52. The Morgan fingerprint density at radius 3 is 2.83 bits per heavy atom. The third kappa shape index (κ3) is 2.85. The molecule has 0 unspecified atom stereocenters. The Kier molecular flexibility index (Phi) is 4.21. The summed E-state index contributed by atoms with van der Waals surface area (Å²) in [4.78, 5) is 19.8. The molecule has 150 valence electrons. The number of hydrogen-bond donors (Lipinski definition) is 1. The summed E-state index contributed by atoms with van der Waals surface area (Å²) in [5.41, 5.74) is 2.48. The molecule has 29 heavy (non-hydrogen) atoms. The molecular formula is C23H25N3O3. The number of aliphatic hydroxyl groups is 1. The fourth-order valence-electron chi connectivity index (χ4n) is 5.33. The highest BCUT2D eigenvalue weighted by atomic mass is 16.5. The van der Waals surface area contributed by atoms with Gasteiger partial charge in [-0.2, -0.15) is 0 Å². The van der Waals surface area contributed by atoms with Gasteiger partial charge in [-0.15, -0.1) is 0 Å². The van der Waals surface area contributed by atoms with Crippen LogP contribution in [0.4, 0.5) is 0 Å². The van der Waals surface area contributed by atoms with Crippen LogP contribution in [0.2, 0.25) is 0 Å². The van der Waals surface area contributed by atoms with Crippen LogP contribution >= 0.6 is 0 Å². The minimum Gasteiger partial charge on any atom is -0.385 e. The first-order valence-corrected chi connectivity index (χ1v) is 10.3. The van der Waals surface area contributed by atoms with Gasteiger partial charge in [-0.05, 0) is 50.7 Å². The summed E-state index contributed by atoms with van der Waals surface area (Å²) in [7, 11) is 0. The smallest absolute Gasteiger partial charge is 0.258 e. The fraction of sp³-hybridized carbons (Fsp3) is 0.435.